The minimum atomic E-state index is 0.652. The Morgan fingerprint density at radius 3 is 2.33 bits per heavy atom. The van der Waals surface area contributed by atoms with E-state index < -0.39 is 0 Å². The molecule has 0 aromatic rings. The Balaban J connectivity index is 2.20. The van der Waals surface area contributed by atoms with E-state index in [1.165, 1.54) is 0 Å². The predicted octanol–water partition coefficient (Wildman–Crippen LogP) is 0.957. The summed E-state index contributed by atoms with van der Waals surface area (Å²) < 4.78 is 5.45. The minimum absolute atomic E-state index is 0.652. The Labute approximate surface area is 99.2 Å². The second kappa shape index (κ2) is 6.74. The molecule has 0 aliphatic carbocycles. The highest BCUT2D eigenvalue weighted by molar-refractivity contribution is 7.80. The Hall–Kier alpha value is 0.230. The zero-order valence-electron chi connectivity index (χ0n) is 10.1. The molecular formula is C11H24N2OS. The quantitative estimate of drug-likeness (QED) is 0.561. The Kier molecular flexibility index (Phi) is 5.97. The molecule has 1 aliphatic heterocycles. The van der Waals surface area contributed by atoms with E-state index in [4.69, 9.17) is 4.74 Å². The van der Waals surface area contributed by atoms with Gasteiger partial charge in [-0.05, 0) is 20.9 Å². The molecule has 0 N–H and O–H groups in total. The van der Waals surface area contributed by atoms with Crippen molar-refractivity contribution in [3.63, 3.8) is 0 Å². The van der Waals surface area contributed by atoms with Crippen molar-refractivity contribution in [2.45, 2.75) is 25.9 Å². The molecule has 90 valence electrons. The first-order valence-electron chi connectivity index (χ1n) is 5.78. The molecule has 1 aliphatic rings. The molecule has 15 heavy (non-hydrogen) atoms. The Morgan fingerprint density at radius 2 is 1.80 bits per heavy atom. The third-order valence-electron chi connectivity index (χ3n) is 3.22. The van der Waals surface area contributed by atoms with Gasteiger partial charge in [0.15, 0.2) is 0 Å². The number of piperazine rings is 1. The highest BCUT2D eigenvalue weighted by Crippen LogP contribution is 2.12. The summed E-state index contributed by atoms with van der Waals surface area (Å²) in [7, 11) is 2.21. The third kappa shape index (κ3) is 4.31. The van der Waals surface area contributed by atoms with Gasteiger partial charge in [-0.3, -0.25) is 9.80 Å². The lowest BCUT2D eigenvalue weighted by Gasteiger charge is -2.42. The highest BCUT2D eigenvalue weighted by atomic mass is 32.1. The number of hydrogen-bond acceptors (Lipinski definition) is 4. The van der Waals surface area contributed by atoms with Crippen molar-refractivity contribution in [3.8, 4) is 0 Å². The van der Waals surface area contributed by atoms with Gasteiger partial charge in [0.25, 0.3) is 0 Å². The second-order valence-corrected chi connectivity index (χ2v) is 4.91. The summed E-state index contributed by atoms with van der Waals surface area (Å²) in [5.41, 5.74) is 0. The van der Waals surface area contributed by atoms with Gasteiger partial charge in [0.2, 0.25) is 0 Å². The molecule has 0 spiro atoms. The molecule has 0 radical (unpaired) electrons. The first-order chi connectivity index (χ1) is 7.15. The van der Waals surface area contributed by atoms with E-state index in [0.717, 1.165) is 38.6 Å². The van der Waals surface area contributed by atoms with Crippen molar-refractivity contribution in [1.82, 2.24) is 9.80 Å². The van der Waals surface area contributed by atoms with Crippen LogP contribution in [0.4, 0.5) is 0 Å². The maximum absolute atomic E-state index is 5.45. The van der Waals surface area contributed by atoms with Crippen LogP contribution in [0.5, 0.6) is 0 Å². The van der Waals surface area contributed by atoms with Crippen LogP contribution in [0.15, 0.2) is 0 Å². The fourth-order valence-corrected chi connectivity index (χ4v) is 2.19. The van der Waals surface area contributed by atoms with Gasteiger partial charge in [0.1, 0.15) is 0 Å². The van der Waals surface area contributed by atoms with Crippen LogP contribution in [0.1, 0.15) is 13.8 Å². The zero-order valence-corrected chi connectivity index (χ0v) is 11.0. The summed E-state index contributed by atoms with van der Waals surface area (Å²) in [6, 6.07) is 1.30. The van der Waals surface area contributed by atoms with Gasteiger partial charge in [0.05, 0.1) is 13.2 Å². The van der Waals surface area contributed by atoms with Gasteiger partial charge in [-0.15, -0.1) is 0 Å². The summed E-state index contributed by atoms with van der Waals surface area (Å²) in [5.74, 6) is 0.815. The van der Waals surface area contributed by atoms with E-state index in [0.29, 0.717) is 12.1 Å². The summed E-state index contributed by atoms with van der Waals surface area (Å²) in [5, 5.41) is 0. The molecule has 1 saturated heterocycles. The monoisotopic (exact) mass is 232 g/mol. The van der Waals surface area contributed by atoms with Crippen LogP contribution in [0, 0.1) is 0 Å². The summed E-state index contributed by atoms with van der Waals surface area (Å²) >= 11 is 4.12. The van der Waals surface area contributed by atoms with E-state index in [2.05, 4.69) is 43.3 Å². The van der Waals surface area contributed by atoms with Crippen LogP contribution in [0.2, 0.25) is 0 Å². The smallest absolute Gasteiger partial charge is 0.0593 e. The van der Waals surface area contributed by atoms with Crippen LogP contribution >= 0.6 is 12.6 Å². The fourth-order valence-electron chi connectivity index (χ4n) is 2.06. The second-order valence-electron chi connectivity index (χ2n) is 4.46. The third-order valence-corrected chi connectivity index (χ3v) is 3.41. The van der Waals surface area contributed by atoms with Crippen LogP contribution in [0.25, 0.3) is 0 Å². The first kappa shape index (κ1) is 13.3. The van der Waals surface area contributed by atoms with E-state index in [1.807, 2.05) is 0 Å². The molecular weight excluding hydrogens is 208 g/mol. The molecule has 0 aromatic carbocycles. The molecule has 2 unspecified atom stereocenters. The molecule has 0 saturated carbocycles. The van der Waals surface area contributed by atoms with Gasteiger partial charge in [-0.25, -0.2) is 0 Å². The van der Waals surface area contributed by atoms with Crippen molar-refractivity contribution in [2.75, 3.05) is 45.6 Å². The molecule has 4 heteroatoms. The topological polar surface area (TPSA) is 15.7 Å². The lowest BCUT2D eigenvalue weighted by Crippen LogP contribution is -2.55. The SMILES string of the molecule is CC1CN(CCOCCS)CC(C)N1C. The van der Waals surface area contributed by atoms with Crippen LogP contribution in [-0.4, -0.2) is 67.5 Å². The fraction of sp³-hybridized carbons (Fsp3) is 1.00. The minimum Gasteiger partial charge on any atom is -0.379 e. The number of nitrogens with zero attached hydrogens (tertiary/aromatic N) is 2. The standard InChI is InChI=1S/C11H24N2OS/c1-10-8-13(4-5-14-6-7-15)9-11(2)12(10)3/h10-11,15H,4-9H2,1-3H3. The van der Waals surface area contributed by atoms with Gasteiger partial charge < -0.3 is 4.74 Å². The summed E-state index contributed by atoms with van der Waals surface area (Å²) in [4.78, 5) is 4.94. The lowest BCUT2D eigenvalue weighted by molar-refractivity contribution is 0.0375. The van der Waals surface area contributed by atoms with Crippen molar-refractivity contribution < 1.29 is 4.74 Å². The maximum Gasteiger partial charge on any atom is 0.0593 e. The average Bonchev–Trinajstić information content (AvgIpc) is 2.21. The number of hydrogen-bond donors (Lipinski definition) is 1. The lowest BCUT2D eigenvalue weighted by atomic mass is 10.1. The molecule has 3 nitrogen and oxygen atoms in total. The number of ether oxygens (including phenoxy) is 1. The van der Waals surface area contributed by atoms with E-state index in [1.54, 1.807) is 0 Å². The van der Waals surface area contributed by atoms with E-state index in [9.17, 15) is 0 Å². The first-order valence-corrected chi connectivity index (χ1v) is 6.41. The molecule has 2 atom stereocenters. The van der Waals surface area contributed by atoms with Gasteiger partial charge in [-0.1, -0.05) is 0 Å². The molecule has 0 bridgehead atoms. The van der Waals surface area contributed by atoms with E-state index in [-0.39, 0.29) is 0 Å². The van der Waals surface area contributed by atoms with Gasteiger partial charge in [-0.2, -0.15) is 12.6 Å². The molecule has 1 rings (SSSR count). The predicted molar refractivity (Wildman–Crippen MR) is 67.8 cm³/mol. The average molecular weight is 232 g/mol. The maximum atomic E-state index is 5.45. The highest BCUT2D eigenvalue weighted by Gasteiger charge is 2.25. The normalized spacial score (nSPS) is 29.6. The summed E-state index contributed by atoms with van der Waals surface area (Å²) in [6.07, 6.45) is 0. The number of rotatable bonds is 5. The molecule has 1 fully saturated rings. The largest absolute Gasteiger partial charge is 0.379 e. The van der Waals surface area contributed by atoms with Crippen LogP contribution in [0.3, 0.4) is 0 Å². The summed E-state index contributed by atoms with van der Waals surface area (Å²) in [6.45, 7) is 9.55. The van der Waals surface area contributed by atoms with Crippen molar-refractivity contribution in [2.24, 2.45) is 0 Å². The Bertz CT molecular complexity index is 168. The number of likely N-dealkylation sites (N-methyl/N-ethyl adjacent to an activating group) is 1. The van der Waals surface area contributed by atoms with E-state index >= 15 is 0 Å². The van der Waals surface area contributed by atoms with Crippen LogP contribution < -0.4 is 0 Å². The van der Waals surface area contributed by atoms with Gasteiger partial charge in [0, 0.05) is 37.5 Å². The van der Waals surface area contributed by atoms with Crippen molar-refractivity contribution >= 4 is 12.6 Å². The van der Waals surface area contributed by atoms with Crippen molar-refractivity contribution in [1.29, 1.82) is 0 Å². The molecule has 1 heterocycles. The molecule has 0 aromatic heterocycles. The number of thiol groups is 1. The van der Waals surface area contributed by atoms with Crippen LogP contribution in [-0.2, 0) is 4.74 Å². The van der Waals surface area contributed by atoms with Crippen molar-refractivity contribution in [3.05, 3.63) is 0 Å². The van der Waals surface area contributed by atoms with Gasteiger partial charge >= 0.3 is 0 Å². The molecule has 0 amide bonds. The Morgan fingerprint density at radius 1 is 1.20 bits per heavy atom. The zero-order chi connectivity index (χ0) is 11.3.